The number of hydrogen-bond acceptors (Lipinski definition) is 7. The van der Waals surface area contributed by atoms with Gasteiger partial charge in [0.05, 0.1) is 19.9 Å². The predicted octanol–water partition coefficient (Wildman–Crippen LogP) is 5.40. The second-order valence-corrected chi connectivity index (χ2v) is 8.24. The van der Waals surface area contributed by atoms with Gasteiger partial charge in [0.25, 0.3) is 0 Å². The molecule has 0 aliphatic rings. The van der Waals surface area contributed by atoms with Gasteiger partial charge in [-0.1, -0.05) is 11.8 Å². The number of hydrogen-bond donors (Lipinski definition) is 0. The molecular formula is C22H22N4O2S2. The number of aromatic nitrogens is 4. The van der Waals surface area contributed by atoms with Gasteiger partial charge in [-0.3, -0.25) is 0 Å². The molecule has 0 bridgehead atoms. The summed E-state index contributed by atoms with van der Waals surface area (Å²) in [5.74, 6) is 3.28. The quantitative estimate of drug-likeness (QED) is 0.343. The minimum absolute atomic E-state index is 0.743. The highest BCUT2D eigenvalue weighted by Gasteiger charge is 2.14. The second kappa shape index (κ2) is 9.32. The van der Waals surface area contributed by atoms with Crippen LogP contribution in [-0.4, -0.2) is 34.0 Å². The largest absolute Gasteiger partial charge is 0.497 e. The van der Waals surface area contributed by atoms with Crippen LogP contribution in [0.4, 0.5) is 0 Å². The molecule has 0 aliphatic carbocycles. The summed E-state index contributed by atoms with van der Waals surface area (Å²) in [5, 5.41) is 12.8. The Hall–Kier alpha value is -2.84. The van der Waals surface area contributed by atoms with E-state index in [0.29, 0.717) is 0 Å². The molecule has 2 aromatic heterocycles. The van der Waals surface area contributed by atoms with Crippen LogP contribution in [-0.2, 0) is 12.3 Å². The summed E-state index contributed by atoms with van der Waals surface area (Å²) in [5.41, 5.74) is 3.15. The fourth-order valence-electron chi connectivity index (χ4n) is 3.01. The van der Waals surface area contributed by atoms with Crippen LogP contribution in [0.25, 0.3) is 22.0 Å². The number of rotatable bonds is 8. The lowest BCUT2D eigenvalue weighted by molar-refractivity contribution is 0.414. The first-order chi connectivity index (χ1) is 14.7. The van der Waals surface area contributed by atoms with Crippen molar-refractivity contribution in [1.29, 1.82) is 0 Å². The number of ether oxygens (including phenoxy) is 2. The van der Waals surface area contributed by atoms with Crippen LogP contribution in [0.1, 0.15) is 12.6 Å². The molecule has 154 valence electrons. The first-order valence-corrected chi connectivity index (χ1v) is 11.4. The molecule has 0 atom stereocenters. The molecule has 4 aromatic rings. The van der Waals surface area contributed by atoms with Crippen molar-refractivity contribution in [2.75, 3.05) is 14.2 Å². The van der Waals surface area contributed by atoms with E-state index in [4.69, 9.17) is 14.5 Å². The molecule has 8 heteroatoms. The Morgan fingerprint density at radius 1 is 0.900 bits per heavy atom. The van der Waals surface area contributed by atoms with Crippen LogP contribution in [0.15, 0.2) is 59.1 Å². The standard InChI is InChI=1S/C22H22N4O2S2/c1-4-26-20(15-5-9-18(27-2)10-6-15)24-25-22(26)30-14-17-13-29-21(23-17)16-7-11-19(28-3)12-8-16/h5-13H,4,14H2,1-3H3. The van der Waals surface area contributed by atoms with Gasteiger partial charge in [-0.25, -0.2) is 4.98 Å². The third kappa shape index (κ3) is 4.34. The van der Waals surface area contributed by atoms with Gasteiger partial charge in [0, 0.05) is 28.8 Å². The van der Waals surface area contributed by atoms with E-state index in [1.165, 1.54) is 0 Å². The lowest BCUT2D eigenvalue weighted by Gasteiger charge is -2.07. The highest BCUT2D eigenvalue weighted by molar-refractivity contribution is 7.98. The fourth-order valence-corrected chi connectivity index (χ4v) is 4.84. The normalized spacial score (nSPS) is 10.9. The van der Waals surface area contributed by atoms with Gasteiger partial charge < -0.3 is 14.0 Å². The van der Waals surface area contributed by atoms with E-state index in [0.717, 1.165) is 56.6 Å². The maximum atomic E-state index is 5.24. The van der Waals surface area contributed by atoms with Crippen molar-refractivity contribution in [1.82, 2.24) is 19.7 Å². The average Bonchev–Trinajstić information content (AvgIpc) is 3.44. The van der Waals surface area contributed by atoms with E-state index in [1.54, 1.807) is 37.3 Å². The SMILES string of the molecule is CCn1c(SCc2csc(-c3ccc(OC)cc3)n2)nnc1-c1ccc(OC)cc1. The van der Waals surface area contributed by atoms with Gasteiger partial charge in [-0.15, -0.1) is 21.5 Å². The molecule has 4 rings (SSSR count). The van der Waals surface area contributed by atoms with Crippen LogP contribution in [0, 0.1) is 0 Å². The molecule has 0 spiro atoms. The third-order valence-electron chi connectivity index (χ3n) is 4.62. The van der Waals surface area contributed by atoms with Gasteiger partial charge in [0.2, 0.25) is 0 Å². The van der Waals surface area contributed by atoms with E-state index in [-0.39, 0.29) is 0 Å². The number of nitrogens with zero attached hydrogens (tertiary/aromatic N) is 4. The Morgan fingerprint density at radius 3 is 2.13 bits per heavy atom. The van der Waals surface area contributed by atoms with Gasteiger partial charge >= 0.3 is 0 Å². The zero-order valence-corrected chi connectivity index (χ0v) is 18.7. The van der Waals surface area contributed by atoms with Crippen molar-refractivity contribution >= 4 is 23.1 Å². The minimum Gasteiger partial charge on any atom is -0.497 e. The van der Waals surface area contributed by atoms with E-state index < -0.39 is 0 Å². The first kappa shape index (κ1) is 20.4. The molecule has 0 aliphatic heterocycles. The summed E-state index contributed by atoms with van der Waals surface area (Å²) in [6.07, 6.45) is 0. The van der Waals surface area contributed by atoms with E-state index in [2.05, 4.69) is 27.1 Å². The maximum Gasteiger partial charge on any atom is 0.191 e. The molecule has 0 N–H and O–H groups in total. The Morgan fingerprint density at radius 2 is 1.53 bits per heavy atom. The fraction of sp³-hybridized carbons (Fsp3) is 0.227. The van der Waals surface area contributed by atoms with Crippen molar-refractivity contribution in [2.45, 2.75) is 24.4 Å². The molecule has 0 amide bonds. The van der Waals surface area contributed by atoms with E-state index >= 15 is 0 Å². The second-order valence-electron chi connectivity index (χ2n) is 6.44. The van der Waals surface area contributed by atoms with E-state index in [9.17, 15) is 0 Å². The Labute approximate surface area is 183 Å². The topological polar surface area (TPSA) is 62.1 Å². The van der Waals surface area contributed by atoms with Crippen LogP contribution in [0.3, 0.4) is 0 Å². The zero-order chi connectivity index (χ0) is 20.9. The first-order valence-electron chi connectivity index (χ1n) is 9.51. The summed E-state index contributed by atoms with van der Waals surface area (Å²) >= 11 is 3.30. The monoisotopic (exact) mass is 438 g/mol. The lowest BCUT2D eigenvalue weighted by atomic mass is 10.2. The Kier molecular flexibility index (Phi) is 6.35. The highest BCUT2D eigenvalue weighted by Crippen LogP contribution is 2.30. The summed E-state index contributed by atoms with van der Waals surface area (Å²) in [4.78, 5) is 4.78. The van der Waals surface area contributed by atoms with Crippen LogP contribution in [0.2, 0.25) is 0 Å². The average molecular weight is 439 g/mol. The number of benzene rings is 2. The molecule has 0 fully saturated rings. The summed E-state index contributed by atoms with van der Waals surface area (Å²) < 4.78 is 12.6. The summed E-state index contributed by atoms with van der Waals surface area (Å²) in [6.45, 7) is 2.90. The minimum atomic E-state index is 0.743. The summed E-state index contributed by atoms with van der Waals surface area (Å²) in [6, 6.07) is 15.9. The van der Waals surface area contributed by atoms with Gasteiger partial charge in [0.1, 0.15) is 16.5 Å². The van der Waals surface area contributed by atoms with Gasteiger partial charge in [0.15, 0.2) is 11.0 Å². The number of methoxy groups -OCH3 is 2. The predicted molar refractivity (Wildman–Crippen MR) is 121 cm³/mol. The van der Waals surface area contributed by atoms with Crippen molar-refractivity contribution in [3.63, 3.8) is 0 Å². The van der Waals surface area contributed by atoms with Gasteiger partial charge in [-0.05, 0) is 55.5 Å². The van der Waals surface area contributed by atoms with Crippen LogP contribution >= 0.6 is 23.1 Å². The molecule has 2 heterocycles. The maximum absolute atomic E-state index is 5.24. The zero-order valence-electron chi connectivity index (χ0n) is 17.0. The highest BCUT2D eigenvalue weighted by atomic mass is 32.2. The molecule has 0 unspecified atom stereocenters. The Balaban J connectivity index is 1.47. The number of thioether (sulfide) groups is 1. The molecular weight excluding hydrogens is 416 g/mol. The molecule has 0 radical (unpaired) electrons. The van der Waals surface area contributed by atoms with Crippen molar-refractivity contribution < 1.29 is 9.47 Å². The molecule has 30 heavy (non-hydrogen) atoms. The van der Waals surface area contributed by atoms with Gasteiger partial charge in [-0.2, -0.15) is 0 Å². The van der Waals surface area contributed by atoms with Crippen molar-refractivity contribution in [2.24, 2.45) is 0 Å². The number of thiazole rings is 1. The molecule has 0 saturated carbocycles. The summed E-state index contributed by atoms with van der Waals surface area (Å²) in [7, 11) is 3.33. The van der Waals surface area contributed by atoms with E-state index in [1.807, 2.05) is 48.5 Å². The van der Waals surface area contributed by atoms with Crippen LogP contribution in [0.5, 0.6) is 11.5 Å². The molecule has 0 saturated heterocycles. The molecule has 6 nitrogen and oxygen atoms in total. The third-order valence-corrected chi connectivity index (χ3v) is 6.56. The lowest BCUT2D eigenvalue weighted by Crippen LogP contribution is -2.00. The van der Waals surface area contributed by atoms with Crippen molar-refractivity contribution in [3.05, 3.63) is 59.6 Å². The Bertz CT molecular complexity index is 1110. The molecule has 2 aromatic carbocycles. The smallest absolute Gasteiger partial charge is 0.191 e. The van der Waals surface area contributed by atoms with Crippen molar-refractivity contribution in [3.8, 4) is 33.5 Å². The van der Waals surface area contributed by atoms with Crippen LogP contribution < -0.4 is 9.47 Å².